The number of aromatic nitrogens is 2. The molecule has 2 rings (SSSR count). The van der Waals surface area contributed by atoms with Crippen LogP contribution in [0.5, 0.6) is 0 Å². The van der Waals surface area contributed by atoms with Crippen molar-refractivity contribution in [1.82, 2.24) is 20.6 Å². The van der Waals surface area contributed by atoms with Gasteiger partial charge in [0.1, 0.15) is 11.0 Å². The lowest BCUT2D eigenvalue weighted by atomic mass is 10.2. The van der Waals surface area contributed by atoms with Crippen LogP contribution < -0.4 is 15.5 Å². The fourth-order valence-electron chi connectivity index (χ4n) is 2.34. The van der Waals surface area contributed by atoms with Crippen molar-refractivity contribution < 1.29 is 0 Å². The van der Waals surface area contributed by atoms with Gasteiger partial charge in [0.2, 0.25) is 0 Å². The van der Waals surface area contributed by atoms with Gasteiger partial charge >= 0.3 is 0 Å². The van der Waals surface area contributed by atoms with E-state index in [2.05, 4.69) is 38.6 Å². The van der Waals surface area contributed by atoms with E-state index in [1.807, 2.05) is 31.1 Å². The third-order valence-electron chi connectivity index (χ3n) is 3.54. The molecule has 0 atom stereocenters. The van der Waals surface area contributed by atoms with Crippen molar-refractivity contribution in [3.8, 4) is 0 Å². The SMILES string of the molecule is CCNC(=NCc1cccnc1N(C)C)NCCc1ccc(Cl)nc1.I. The minimum atomic E-state index is 0. The average Bonchev–Trinajstić information content (AvgIpc) is 2.61. The van der Waals surface area contributed by atoms with Gasteiger partial charge in [-0.3, -0.25) is 0 Å². The molecule has 2 N–H and O–H groups in total. The molecule has 142 valence electrons. The van der Waals surface area contributed by atoms with Crippen LogP contribution in [0.25, 0.3) is 0 Å². The average molecular weight is 489 g/mol. The normalized spacial score (nSPS) is 10.8. The highest BCUT2D eigenvalue weighted by molar-refractivity contribution is 14.0. The third-order valence-corrected chi connectivity index (χ3v) is 3.76. The van der Waals surface area contributed by atoms with Crippen LogP contribution in [0.2, 0.25) is 5.15 Å². The van der Waals surface area contributed by atoms with Gasteiger partial charge in [0.05, 0.1) is 6.54 Å². The molecule has 0 spiro atoms. The molecule has 0 aliphatic rings. The molecule has 2 heterocycles. The summed E-state index contributed by atoms with van der Waals surface area (Å²) in [5.74, 6) is 1.73. The van der Waals surface area contributed by atoms with Crippen molar-refractivity contribution in [1.29, 1.82) is 0 Å². The topological polar surface area (TPSA) is 65.4 Å². The summed E-state index contributed by atoms with van der Waals surface area (Å²) in [6, 6.07) is 7.78. The first kappa shape index (κ1) is 22.4. The zero-order valence-electron chi connectivity index (χ0n) is 15.4. The van der Waals surface area contributed by atoms with Crippen LogP contribution in [0.3, 0.4) is 0 Å². The molecule has 8 heteroatoms. The molecule has 0 saturated heterocycles. The van der Waals surface area contributed by atoms with E-state index in [4.69, 9.17) is 11.6 Å². The summed E-state index contributed by atoms with van der Waals surface area (Å²) in [7, 11) is 3.97. The predicted octanol–water partition coefficient (Wildman–Crippen LogP) is 3.11. The van der Waals surface area contributed by atoms with Crippen molar-refractivity contribution in [2.75, 3.05) is 32.1 Å². The van der Waals surface area contributed by atoms with Crippen LogP contribution in [-0.2, 0) is 13.0 Å². The predicted molar refractivity (Wildman–Crippen MR) is 120 cm³/mol. The molecule has 26 heavy (non-hydrogen) atoms. The van der Waals surface area contributed by atoms with E-state index in [0.717, 1.165) is 42.4 Å². The Kier molecular flexibility index (Phi) is 10.3. The van der Waals surface area contributed by atoms with Gasteiger partial charge in [-0.05, 0) is 31.0 Å². The van der Waals surface area contributed by atoms with Crippen molar-refractivity contribution in [3.63, 3.8) is 0 Å². The molecular formula is C18H26ClIN6. The molecule has 0 radical (unpaired) electrons. The van der Waals surface area contributed by atoms with E-state index in [1.54, 1.807) is 18.5 Å². The molecule has 2 aromatic heterocycles. The minimum Gasteiger partial charge on any atom is -0.362 e. The number of nitrogens with zero attached hydrogens (tertiary/aromatic N) is 4. The molecule has 0 unspecified atom stereocenters. The monoisotopic (exact) mass is 488 g/mol. The summed E-state index contributed by atoms with van der Waals surface area (Å²) in [6.07, 6.45) is 4.45. The number of rotatable bonds is 7. The second-order valence-electron chi connectivity index (χ2n) is 5.74. The minimum absolute atomic E-state index is 0. The fourth-order valence-corrected chi connectivity index (χ4v) is 2.45. The van der Waals surface area contributed by atoms with E-state index in [-0.39, 0.29) is 24.0 Å². The van der Waals surface area contributed by atoms with Gasteiger partial charge in [-0.25, -0.2) is 15.0 Å². The molecule has 0 fully saturated rings. The fraction of sp³-hybridized carbons (Fsp3) is 0.389. The van der Waals surface area contributed by atoms with Crippen molar-refractivity contribution in [3.05, 3.63) is 52.9 Å². The van der Waals surface area contributed by atoms with Crippen LogP contribution in [0.1, 0.15) is 18.1 Å². The highest BCUT2D eigenvalue weighted by atomic mass is 127. The van der Waals surface area contributed by atoms with E-state index in [0.29, 0.717) is 11.7 Å². The van der Waals surface area contributed by atoms with Crippen LogP contribution >= 0.6 is 35.6 Å². The number of aliphatic imine (C=N–C) groups is 1. The summed E-state index contributed by atoms with van der Waals surface area (Å²) in [6.45, 7) is 4.19. The van der Waals surface area contributed by atoms with Crippen molar-refractivity contribution in [2.45, 2.75) is 19.9 Å². The van der Waals surface area contributed by atoms with E-state index >= 15 is 0 Å². The highest BCUT2D eigenvalue weighted by Gasteiger charge is 2.05. The molecule has 0 aliphatic heterocycles. The van der Waals surface area contributed by atoms with Crippen LogP contribution in [0.15, 0.2) is 41.7 Å². The Bertz CT molecular complexity index is 690. The third kappa shape index (κ3) is 7.33. The Morgan fingerprint density at radius 1 is 1.19 bits per heavy atom. The van der Waals surface area contributed by atoms with Crippen molar-refractivity contribution in [2.24, 2.45) is 4.99 Å². The molecule has 2 aromatic rings. The van der Waals surface area contributed by atoms with Gasteiger partial charge in [0, 0.05) is 45.1 Å². The lowest BCUT2D eigenvalue weighted by Gasteiger charge is -2.15. The first-order chi connectivity index (χ1) is 12.1. The molecule has 0 bridgehead atoms. The zero-order valence-corrected chi connectivity index (χ0v) is 18.5. The number of hydrogen-bond acceptors (Lipinski definition) is 4. The number of anilines is 1. The molecule has 0 aromatic carbocycles. The van der Waals surface area contributed by atoms with E-state index in [9.17, 15) is 0 Å². The van der Waals surface area contributed by atoms with Crippen LogP contribution in [0.4, 0.5) is 5.82 Å². The van der Waals surface area contributed by atoms with Crippen LogP contribution in [0, 0.1) is 0 Å². The Morgan fingerprint density at radius 3 is 2.65 bits per heavy atom. The van der Waals surface area contributed by atoms with E-state index < -0.39 is 0 Å². The maximum absolute atomic E-state index is 5.81. The second kappa shape index (κ2) is 11.9. The Labute approximate surface area is 177 Å². The molecular weight excluding hydrogens is 463 g/mol. The Morgan fingerprint density at radius 2 is 2.00 bits per heavy atom. The number of nitrogens with one attached hydrogen (secondary N) is 2. The lowest BCUT2D eigenvalue weighted by Crippen LogP contribution is -2.38. The zero-order chi connectivity index (χ0) is 18.1. The maximum Gasteiger partial charge on any atom is 0.191 e. The van der Waals surface area contributed by atoms with Crippen LogP contribution in [-0.4, -0.2) is 43.1 Å². The number of pyridine rings is 2. The quantitative estimate of drug-likeness (QED) is 0.271. The molecule has 0 saturated carbocycles. The Balaban J connectivity index is 0.00000338. The highest BCUT2D eigenvalue weighted by Crippen LogP contribution is 2.15. The summed E-state index contributed by atoms with van der Waals surface area (Å²) in [5, 5.41) is 7.13. The molecule has 0 aliphatic carbocycles. The summed E-state index contributed by atoms with van der Waals surface area (Å²) < 4.78 is 0. The summed E-state index contributed by atoms with van der Waals surface area (Å²) in [4.78, 5) is 15.2. The second-order valence-corrected chi connectivity index (χ2v) is 6.13. The van der Waals surface area contributed by atoms with Gasteiger partial charge in [0.25, 0.3) is 0 Å². The number of halogens is 2. The smallest absolute Gasteiger partial charge is 0.191 e. The first-order valence-electron chi connectivity index (χ1n) is 8.34. The van der Waals surface area contributed by atoms with Gasteiger partial charge in [0.15, 0.2) is 5.96 Å². The standard InChI is InChI=1S/C18H25ClN6.HI/c1-4-20-18(22-11-9-14-7-8-16(19)23-12-14)24-13-15-6-5-10-21-17(15)25(2)3;/h5-8,10,12H,4,9,11,13H2,1-3H3,(H2,20,22,24);1H. The van der Waals surface area contributed by atoms with Gasteiger partial charge < -0.3 is 15.5 Å². The van der Waals surface area contributed by atoms with Gasteiger partial charge in [-0.2, -0.15) is 0 Å². The lowest BCUT2D eigenvalue weighted by molar-refractivity contribution is 0.797. The summed E-state index contributed by atoms with van der Waals surface area (Å²) in [5.41, 5.74) is 2.22. The maximum atomic E-state index is 5.81. The summed E-state index contributed by atoms with van der Waals surface area (Å²) >= 11 is 5.81. The molecule has 6 nitrogen and oxygen atoms in total. The Hall–Kier alpha value is -1.61. The number of guanidine groups is 1. The molecule has 0 amide bonds. The van der Waals surface area contributed by atoms with Gasteiger partial charge in [-0.1, -0.05) is 23.7 Å². The van der Waals surface area contributed by atoms with Crippen molar-refractivity contribution >= 4 is 47.4 Å². The van der Waals surface area contributed by atoms with Gasteiger partial charge in [-0.15, -0.1) is 24.0 Å². The largest absolute Gasteiger partial charge is 0.362 e. The number of hydrogen-bond donors (Lipinski definition) is 2. The van der Waals surface area contributed by atoms with E-state index in [1.165, 1.54) is 0 Å². The first-order valence-corrected chi connectivity index (χ1v) is 8.71.